The predicted molar refractivity (Wildman–Crippen MR) is 239 cm³/mol. The molecule has 3 N–H and O–H groups in total. The molecule has 7 aromatic carbocycles. The summed E-state index contributed by atoms with van der Waals surface area (Å²) in [5.41, 5.74) is -1.65. The Morgan fingerprint density at radius 2 is 0.615 bits per heavy atom. The molecule has 0 aliphatic carbocycles. The first-order valence-corrected chi connectivity index (χ1v) is 30.6. The van der Waals surface area contributed by atoms with Gasteiger partial charge in [-0.2, -0.15) is 4.33 Å². The Labute approximate surface area is 581 Å². The zero-order valence-corrected chi connectivity index (χ0v) is 59.7. The molecule has 42 heteroatoms. The average molecular weight is 1310 g/mol. The van der Waals surface area contributed by atoms with Gasteiger partial charge in [0.25, 0.3) is 30.1 Å². The van der Waals surface area contributed by atoms with Crippen molar-refractivity contribution in [1.29, 1.82) is 0 Å². The molecule has 78 heavy (non-hydrogen) atoms. The summed E-state index contributed by atoms with van der Waals surface area (Å²) >= 11 is 0.148. The summed E-state index contributed by atoms with van der Waals surface area (Å²) in [6.45, 7) is 0. The molecule has 0 aliphatic rings. The fourth-order valence-electron chi connectivity index (χ4n) is 6.78. The molecule has 0 atom stereocenters. The first-order valence-electron chi connectivity index (χ1n) is 18.4. The Morgan fingerprint density at radius 3 is 0.885 bits per heavy atom. The molecule has 0 heterocycles. The molecule has 0 amide bonds. The van der Waals surface area contributed by atoms with Crippen molar-refractivity contribution < 1.29 is 282 Å². The van der Waals surface area contributed by atoms with Crippen molar-refractivity contribution >= 4 is 142 Å². The van der Waals surface area contributed by atoms with Crippen LogP contribution in [0, 0.1) is 0 Å². The Kier molecular flexibility index (Phi) is 27.7. The van der Waals surface area contributed by atoms with Crippen LogP contribution in [0.4, 0.5) is 17.1 Å². The molecular weight excluding hydrogens is 1280 g/mol. The zero-order chi connectivity index (χ0) is 53.4. The first-order chi connectivity index (χ1) is 33.0. The minimum atomic E-state index is -5.49. The minimum absolute atomic E-state index is 0. The van der Waals surface area contributed by atoms with Gasteiger partial charge in [-0.15, -0.1) is 0 Å². The standard InChI is InChI=1S/C36H27N3O24S9.6Na/c40-62-63-64-25-10-19-7-22(1-4-31(19)34(13-25)70(53,54)55)37-65(41,42)26-14-27(66(43,44)38-23-2-5-32-20(8-23)11-29(68(47,48)49)17-35(32)71(56,57)58)16-28(15-26)67(45,46)39-24-3-6-33-21(9-24)12-30(69(50,51)52)18-36(33)72(59,60)61;;;;;;/h1-18,37-40H,(H,47,48,49)(H,50,51,52)(H,53,54,55)(H,56,57,58)(H,59,60,61);;;;;;/q;6*+1/p-6. The monoisotopic (exact) mass is 1300 g/mol. The molecule has 0 fully saturated rings. The number of hydrogen-bond donors (Lipinski definition) is 3. The number of benzene rings is 7. The number of hydrogen-bond acceptors (Lipinski definition) is 25. The zero-order valence-electron chi connectivity index (χ0n) is 40.4. The quantitative estimate of drug-likeness (QED) is 0.0250. The largest absolute Gasteiger partial charge is 1.00 e. The van der Waals surface area contributed by atoms with Crippen molar-refractivity contribution in [3.05, 3.63) is 109 Å². The molecular formula is C36H21N3Na6O24S9. The molecule has 0 aromatic heterocycles. The molecule has 384 valence electrons. The summed E-state index contributed by atoms with van der Waals surface area (Å²) in [6, 6.07) is 12.5. The van der Waals surface area contributed by atoms with Gasteiger partial charge in [-0.1, -0.05) is 18.2 Å². The van der Waals surface area contributed by atoms with Gasteiger partial charge in [0.2, 0.25) is 0 Å². The van der Waals surface area contributed by atoms with Crippen LogP contribution in [-0.2, 0) is 90.0 Å². The van der Waals surface area contributed by atoms with Gasteiger partial charge in [-0.25, -0.2) is 67.3 Å². The second-order valence-corrected chi connectivity index (χ2v) is 27.1. The topological polar surface area (TPSA) is 466 Å². The molecule has 7 aromatic rings. The predicted octanol–water partition coefficient (Wildman–Crippen LogP) is -16.7. The second kappa shape index (κ2) is 28.2. The van der Waals surface area contributed by atoms with E-state index in [0.29, 0.717) is 30.3 Å². The smallest absolute Gasteiger partial charge is 0.744 e. The van der Waals surface area contributed by atoms with E-state index in [1.807, 2.05) is 14.2 Å². The van der Waals surface area contributed by atoms with Gasteiger partial charge in [0.05, 0.1) is 51.2 Å². The third kappa shape index (κ3) is 18.2. The SMILES string of the molecule is O=S(=O)([O-])c1cc(S(=O)(=O)[O-])c2ccc(NS(=O)(=O)c3cc(S(=O)(=O)Nc4ccc5c(S(=O)(=O)[O-])cc(SOO[O-])cc5c4)cc(S(=O)(=O)Nc4ccc5c(S(=O)(=O)[O-])cc(S(=O)(=O)[O-])cc5c4)c3)cc2c1.[Na+].[Na+].[Na+].[Na+].[Na+].[Na+]. The summed E-state index contributed by atoms with van der Waals surface area (Å²) in [5, 5.41) is 11.1. The van der Waals surface area contributed by atoms with Crippen LogP contribution in [0.1, 0.15) is 0 Å². The molecule has 0 unspecified atom stereocenters. The molecule has 7 rings (SSSR count). The maximum absolute atomic E-state index is 14.1. The van der Waals surface area contributed by atoms with E-state index in [4.69, 9.17) is 0 Å². The van der Waals surface area contributed by atoms with Crippen LogP contribution in [0.25, 0.3) is 32.3 Å². The summed E-state index contributed by atoms with van der Waals surface area (Å²) in [4.78, 5) is -9.51. The fourth-order valence-corrected chi connectivity index (χ4v) is 14.3. The molecule has 0 bridgehead atoms. The van der Waals surface area contributed by atoms with Gasteiger partial charge in [0.15, 0.2) is 0 Å². The second-order valence-electron chi connectivity index (χ2n) is 14.5. The van der Waals surface area contributed by atoms with Crippen LogP contribution in [0.2, 0.25) is 0 Å². The van der Waals surface area contributed by atoms with Gasteiger partial charge >= 0.3 is 177 Å². The Hall–Kier alpha value is 0.350. The van der Waals surface area contributed by atoms with E-state index in [1.54, 1.807) is 0 Å². The average Bonchev–Trinajstić information content (AvgIpc) is 3.24. The first kappa shape index (κ1) is 76.4. The fraction of sp³-hybridized carbons (Fsp3) is 0. The molecule has 27 nitrogen and oxygen atoms in total. The minimum Gasteiger partial charge on any atom is -0.744 e. The van der Waals surface area contributed by atoms with Gasteiger partial charge < -0.3 is 28.0 Å². The molecule has 0 spiro atoms. The number of anilines is 3. The number of rotatable bonds is 17. The number of fused-ring (bicyclic) bond motifs is 3. The normalized spacial score (nSPS) is 12.3. The summed E-state index contributed by atoms with van der Waals surface area (Å²) in [6.07, 6.45) is 0. The van der Waals surface area contributed by atoms with E-state index in [2.05, 4.69) is 9.37 Å². The van der Waals surface area contributed by atoms with E-state index >= 15 is 0 Å². The van der Waals surface area contributed by atoms with E-state index in [0.717, 1.165) is 66.7 Å². The van der Waals surface area contributed by atoms with E-state index < -0.39 is 158 Å². The van der Waals surface area contributed by atoms with Crippen LogP contribution in [0.3, 0.4) is 0 Å². The van der Waals surface area contributed by atoms with Gasteiger partial charge in [0.1, 0.15) is 50.6 Å². The van der Waals surface area contributed by atoms with Crippen LogP contribution in [-0.4, -0.2) is 90.1 Å². The van der Waals surface area contributed by atoms with Crippen LogP contribution < -0.4 is 197 Å². The van der Waals surface area contributed by atoms with E-state index in [1.165, 1.54) is 0 Å². The van der Waals surface area contributed by atoms with Crippen molar-refractivity contribution in [2.75, 3.05) is 14.2 Å². The van der Waals surface area contributed by atoms with Gasteiger partial charge in [-0.05, 0) is 123 Å². The molecule has 0 aliphatic heterocycles. The van der Waals surface area contributed by atoms with Gasteiger partial charge in [0, 0.05) is 22.0 Å². The Balaban J connectivity index is 0.00000507. The summed E-state index contributed by atoms with van der Waals surface area (Å²) in [5.74, 6) is 0. The van der Waals surface area contributed by atoms with Crippen LogP contribution in [0.5, 0.6) is 0 Å². The maximum atomic E-state index is 14.1. The summed E-state index contributed by atoms with van der Waals surface area (Å²) < 4.78 is 274. The third-order valence-corrected chi connectivity index (χ3v) is 18.6. The van der Waals surface area contributed by atoms with Crippen molar-refractivity contribution in [2.24, 2.45) is 0 Å². The van der Waals surface area contributed by atoms with Crippen LogP contribution >= 0.6 is 12.0 Å². The molecule has 0 saturated heterocycles. The number of sulfonamides is 3. The Morgan fingerprint density at radius 1 is 0.333 bits per heavy atom. The Bertz CT molecular complexity index is 4250. The summed E-state index contributed by atoms with van der Waals surface area (Å²) in [7, 11) is -43.0. The molecule has 0 saturated carbocycles. The van der Waals surface area contributed by atoms with E-state index in [-0.39, 0.29) is 217 Å². The van der Waals surface area contributed by atoms with Crippen LogP contribution in [0.15, 0.2) is 153 Å². The van der Waals surface area contributed by atoms with Crippen molar-refractivity contribution in [3.63, 3.8) is 0 Å². The van der Waals surface area contributed by atoms with Crippen molar-refractivity contribution in [1.82, 2.24) is 0 Å². The number of nitrogens with one attached hydrogen (secondary N) is 3. The third-order valence-electron chi connectivity index (χ3n) is 9.75. The van der Waals surface area contributed by atoms with Crippen molar-refractivity contribution in [3.8, 4) is 0 Å². The molecule has 0 radical (unpaired) electrons. The maximum Gasteiger partial charge on any atom is 1.00 e. The van der Waals surface area contributed by atoms with Crippen molar-refractivity contribution in [2.45, 2.75) is 44.1 Å². The van der Waals surface area contributed by atoms with Gasteiger partial charge in [-0.3, -0.25) is 19.2 Å². The van der Waals surface area contributed by atoms with E-state index in [9.17, 15) is 95.4 Å².